The summed E-state index contributed by atoms with van der Waals surface area (Å²) < 4.78 is 10.7. The molecule has 2 rings (SSSR count). The van der Waals surface area contributed by atoms with E-state index in [1.165, 1.54) is 13.2 Å². The molecule has 0 saturated carbocycles. The Balaban J connectivity index is 2.35. The van der Waals surface area contributed by atoms with Gasteiger partial charge in [-0.3, -0.25) is 19.3 Å². The van der Waals surface area contributed by atoms with Crippen molar-refractivity contribution in [3.05, 3.63) is 27.6 Å². The van der Waals surface area contributed by atoms with E-state index in [2.05, 4.69) is 0 Å². The summed E-state index contributed by atoms with van der Waals surface area (Å²) in [5, 5.41) is -0.229. The van der Waals surface area contributed by atoms with Gasteiger partial charge in [-0.15, -0.1) is 0 Å². The Morgan fingerprint density at radius 2 is 2.12 bits per heavy atom. The van der Waals surface area contributed by atoms with Gasteiger partial charge in [0.05, 0.1) is 23.6 Å². The van der Waals surface area contributed by atoms with Crippen molar-refractivity contribution in [3.8, 4) is 11.5 Å². The zero-order valence-electron chi connectivity index (χ0n) is 13.0. The lowest BCUT2D eigenvalue weighted by molar-refractivity contribution is -0.127. The second-order valence-electron chi connectivity index (χ2n) is 4.70. The Bertz CT molecular complexity index is 735. The smallest absolute Gasteiger partial charge is 0.294 e. The average molecular weight is 371 g/mol. The SMILES string of the molecule is CCOc1c(Cl)cc(/C=C2\SC(=O)N(CC(N)=O)C2=O)cc1OC. The summed E-state index contributed by atoms with van der Waals surface area (Å²) in [6.45, 7) is 1.79. The number of amides is 3. The van der Waals surface area contributed by atoms with Gasteiger partial charge in [0.25, 0.3) is 11.1 Å². The average Bonchev–Trinajstić information content (AvgIpc) is 2.77. The number of hydrogen-bond donors (Lipinski definition) is 1. The van der Waals surface area contributed by atoms with Gasteiger partial charge < -0.3 is 15.2 Å². The van der Waals surface area contributed by atoms with E-state index >= 15 is 0 Å². The Kier molecular flexibility index (Phi) is 5.74. The monoisotopic (exact) mass is 370 g/mol. The summed E-state index contributed by atoms with van der Waals surface area (Å²) in [6, 6.07) is 3.23. The molecule has 0 radical (unpaired) electrons. The maximum atomic E-state index is 12.2. The van der Waals surface area contributed by atoms with Gasteiger partial charge in [-0.2, -0.15) is 0 Å². The molecule has 9 heteroatoms. The minimum absolute atomic E-state index is 0.170. The number of benzene rings is 1. The normalized spacial score (nSPS) is 16.0. The second-order valence-corrected chi connectivity index (χ2v) is 6.10. The molecule has 0 unspecified atom stereocenters. The first-order chi connectivity index (χ1) is 11.4. The van der Waals surface area contributed by atoms with E-state index < -0.39 is 23.6 Å². The minimum atomic E-state index is -0.760. The summed E-state index contributed by atoms with van der Waals surface area (Å²) in [6.07, 6.45) is 1.50. The van der Waals surface area contributed by atoms with Crippen LogP contribution in [-0.4, -0.2) is 42.2 Å². The molecule has 1 aliphatic rings. The molecular formula is C15H15ClN2O5S. The molecule has 0 aromatic heterocycles. The fraction of sp³-hybridized carbons (Fsp3) is 0.267. The number of carbonyl (C=O) groups excluding carboxylic acids is 3. The quantitative estimate of drug-likeness (QED) is 0.771. The maximum absolute atomic E-state index is 12.2. The first kappa shape index (κ1) is 18.2. The third-order valence-electron chi connectivity index (χ3n) is 3.03. The van der Waals surface area contributed by atoms with Crippen molar-refractivity contribution in [2.45, 2.75) is 6.92 Å². The number of carbonyl (C=O) groups is 3. The number of primary amides is 1. The van der Waals surface area contributed by atoms with Crippen molar-refractivity contribution >= 4 is 46.5 Å². The van der Waals surface area contributed by atoms with Crippen LogP contribution in [0.25, 0.3) is 6.08 Å². The van der Waals surface area contributed by atoms with E-state index in [1.54, 1.807) is 12.1 Å². The fourth-order valence-electron chi connectivity index (χ4n) is 2.05. The molecule has 7 nitrogen and oxygen atoms in total. The number of halogens is 1. The first-order valence-corrected chi connectivity index (χ1v) is 8.10. The van der Waals surface area contributed by atoms with Crippen molar-refractivity contribution in [3.63, 3.8) is 0 Å². The molecule has 2 N–H and O–H groups in total. The van der Waals surface area contributed by atoms with Gasteiger partial charge in [0, 0.05) is 0 Å². The molecular weight excluding hydrogens is 356 g/mol. The molecule has 1 heterocycles. The Morgan fingerprint density at radius 1 is 1.42 bits per heavy atom. The zero-order chi connectivity index (χ0) is 17.9. The van der Waals surface area contributed by atoms with Crippen LogP contribution in [0.5, 0.6) is 11.5 Å². The van der Waals surface area contributed by atoms with Crippen LogP contribution in [-0.2, 0) is 9.59 Å². The van der Waals surface area contributed by atoms with Gasteiger partial charge in [0.1, 0.15) is 6.54 Å². The lowest BCUT2D eigenvalue weighted by Crippen LogP contribution is -2.36. The number of nitrogens with two attached hydrogens (primary N) is 1. The second kappa shape index (κ2) is 7.59. The number of methoxy groups -OCH3 is 1. The van der Waals surface area contributed by atoms with Gasteiger partial charge in [-0.1, -0.05) is 11.6 Å². The van der Waals surface area contributed by atoms with Crippen molar-refractivity contribution < 1.29 is 23.9 Å². The van der Waals surface area contributed by atoms with Crippen LogP contribution in [0, 0.1) is 0 Å². The highest BCUT2D eigenvalue weighted by molar-refractivity contribution is 8.18. The lowest BCUT2D eigenvalue weighted by Gasteiger charge is -2.12. The third-order valence-corrected chi connectivity index (χ3v) is 4.21. The van der Waals surface area contributed by atoms with Gasteiger partial charge in [-0.25, -0.2) is 0 Å². The summed E-state index contributed by atoms with van der Waals surface area (Å²) in [4.78, 5) is 35.9. The molecule has 0 bridgehead atoms. The summed E-state index contributed by atoms with van der Waals surface area (Å²) >= 11 is 6.90. The Labute approximate surface area is 147 Å². The zero-order valence-corrected chi connectivity index (χ0v) is 14.6. The van der Waals surface area contributed by atoms with Crippen LogP contribution >= 0.6 is 23.4 Å². The van der Waals surface area contributed by atoms with Gasteiger partial charge in [-0.05, 0) is 42.5 Å². The molecule has 0 spiro atoms. The molecule has 0 aliphatic carbocycles. The highest BCUT2D eigenvalue weighted by Crippen LogP contribution is 2.38. The van der Waals surface area contributed by atoms with Crippen LogP contribution in [0.1, 0.15) is 12.5 Å². The molecule has 1 aliphatic heterocycles. The summed E-state index contributed by atoms with van der Waals surface area (Å²) in [5.41, 5.74) is 5.60. The topological polar surface area (TPSA) is 98.9 Å². The van der Waals surface area contributed by atoms with Crippen molar-refractivity contribution in [1.29, 1.82) is 0 Å². The van der Waals surface area contributed by atoms with Crippen molar-refractivity contribution in [1.82, 2.24) is 4.90 Å². The molecule has 1 aromatic rings. The van der Waals surface area contributed by atoms with Gasteiger partial charge >= 0.3 is 0 Å². The number of rotatable bonds is 6. The van der Waals surface area contributed by atoms with E-state index in [-0.39, 0.29) is 4.91 Å². The molecule has 24 heavy (non-hydrogen) atoms. The molecule has 3 amide bonds. The van der Waals surface area contributed by atoms with Crippen molar-refractivity contribution in [2.24, 2.45) is 5.73 Å². The predicted molar refractivity (Wildman–Crippen MR) is 91.0 cm³/mol. The number of hydrogen-bond acceptors (Lipinski definition) is 6. The Morgan fingerprint density at radius 3 is 2.71 bits per heavy atom. The molecule has 0 atom stereocenters. The molecule has 1 fully saturated rings. The predicted octanol–water partition coefficient (Wildman–Crippen LogP) is 2.27. The highest BCUT2D eigenvalue weighted by atomic mass is 35.5. The summed E-state index contributed by atoms with van der Waals surface area (Å²) in [7, 11) is 1.47. The first-order valence-electron chi connectivity index (χ1n) is 6.91. The van der Waals surface area contributed by atoms with Crippen molar-refractivity contribution in [2.75, 3.05) is 20.3 Å². The molecule has 1 aromatic carbocycles. The maximum Gasteiger partial charge on any atom is 0.294 e. The van der Waals surface area contributed by atoms with Crippen LogP contribution in [0.2, 0.25) is 5.02 Å². The van der Waals surface area contributed by atoms with E-state index in [0.717, 1.165) is 16.7 Å². The van der Waals surface area contributed by atoms with Crippen LogP contribution < -0.4 is 15.2 Å². The number of nitrogens with zero attached hydrogens (tertiary/aromatic N) is 1. The molecule has 1 saturated heterocycles. The van der Waals surface area contributed by atoms with Gasteiger partial charge in [0.15, 0.2) is 11.5 Å². The van der Waals surface area contributed by atoms with E-state index in [4.69, 9.17) is 26.8 Å². The largest absolute Gasteiger partial charge is 0.493 e. The van der Waals surface area contributed by atoms with E-state index in [0.29, 0.717) is 28.7 Å². The van der Waals surface area contributed by atoms with Gasteiger partial charge in [0.2, 0.25) is 5.91 Å². The number of thioether (sulfide) groups is 1. The van der Waals surface area contributed by atoms with Crippen LogP contribution in [0.3, 0.4) is 0 Å². The van der Waals surface area contributed by atoms with E-state index in [9.17, 15) is 14.4 Å². The standard InChI is InChI=1S/C15H15ClN2O5S/c1-3-23-13-9(16)4-8(5-10(13)22-2)6-11-14(20)18(7-12(17)19)15(21)24-11/h4-6H,3,7H2,1-2H3,(H2,17,19)/b11-6-. The Hall–Kier alpha value is -2.19. The van der Waals surface area contributed by atoms with Crippen LogP contribution in [0.4, 0.5) is 4.79 Å². The minimum Gasteiger partial charge on any atom is -0.493 e. The number of imide groups is 1. The lowest BCUT2D eigenvalue weighted by atomic mass is 10.1. The number of ether oxygens (including phenoxy) is 2. The highest BCUT2D eigenvalue weighted by Gasteiger charge is 2.35. The summed E-state index contributed by atoms with van der Waals surface area (Å²) in [5.74, 6) is -0.523. The van der Waals surface area contributed by atoms with E-state index in [1.807, 2.05) is 6.92 Å². The molecule has 128 valence electrons. The van der Waals surface area contributed by atoms with Crippen LogP contribution in [0.15, 0.2) is 17.0 Å². The third kappa shape index (κ3) is 3.82. The fourth-order valence-corrected chi connectivity index (χ4v) is 3.16.